The molecule has 0 aliphatic heterocycles. The molecule has 0 amide bonds. The highest BCUT2D eigenvalue weighted by Gasteiger charge is 2.33. The number of benzene rings is 2. The summed E-state index contributed by atoms with van der Waals surface area (Å²) in [6, 6.07) is 6.80. The van der Waals surface area contributed by atoms with E-state index in [9.17, 15) is 23.3 Å². The van der Waals surface area contributed by atoms with Crippen LogP contribution in [0.25, 0.3) is 0 Å². The van der Waals surface area contributed by atoms with Crippen LogP contribution in [0.15, 0.2) is 36.4 Å². The van der Waals surface area contributed by atoms with Crippen molar-refractivity contribution in [3.05, 3.63) is 62.1 Å². The molecule has 0 unspecified atom stereocenters. The van der Waals surface area contributed by atoms with Gasteiger partial charge in [0, 0.05) is 18.1 Å². The molecule has 0 spiro atoms. The first-order valence-electron chi connectivity index (χ1n) is 7.11. The molecule has 0 atom stereocenters. The third kappa shape index (κ3) is 5.34. The van der Waals surface area contributed by atoms with Crippen molar-refractivity contribution in [2.45, 2.75) is 6.18 Å². The molecule has 0 aliphatic carbocycles. The van der Waals surface area contributed by atoms with Crippen LogP contribution in [-0.4, -0.2) is 17.1 Å². The molecular weight excluding hydrogens is 428 g/mol. The lowest BCUT2D eigenvalue weighted by molar-refractivity contribution is -0.384. The summed E-state index contributed by atoms with van der Waals surface area (Å²) in [7, 11) is 1.36. The van der Waals surface area contributed by atoms with Gasteiger partial charge < -0.3 is 5.32 Å². The van der Waals surface area contributed by atoms with Crippen LogP contribution in [0.5, 0.6) is 0 Å². The van der Waals surface area contributed by atoms with Gasteiger partial charge in [0.2, 0.25) is 0 Å². The van der Waals surface area contributed by atoms with Crippen molar-refractivity contribution >= 4 is 57.6 Å². The lowest BCUT2D eigenvalue weighted by Crippen LogP contribution is -2.42. The second-order valence-electron chi connectivity index (χ2n) is 5.21. The number of nitro benzene ring substituents is 1. The number of halogens is 5. The number of alkyl halides is 3. The van der Waals surface area contributed by atoms with Crippen molar-refractivity contribution in [2.24, 2.45) is 0 Å². The summed E-state index contributed by atoms with van der Waals surface area (Å²) in [4.78, 5) is 10.3. The van der Waals surface area contributed by atoms with E-state index < -0.39 is 22.4 Å². The van der Waals surface area contributed by atoms with Crippen LogP contribution >= 0.6 is 35.4 Å². The first-order chi connectivity index (χ1) is 12.5. The Morgan fingerprint density at radius 2 is 1.89 bits per heavy atom. The minimum absolute atomic E-state index is 0.00383. The number of rotatable bonds is 4. The molecule has 12 heteroatoms. The Balaban J connectivity index is 2.22. The maximum absolute atomic E-state index is 12.8. The first kappa shape index (κ1) is 21.0. The molecule has 0 aromatic heterocycles. The molecule has 2 rings (SSSR count). The van der Waals surface area contributed by atoms with Crippen molar-refractivity contribution in [2.75, 3.05) is 17.4 Å². The van der Waals surface area contributed by atoms with Gasteiger partial charge in [-0.1, -0.05) is 23.2 Å². The van der Waals surface area contributed by atoms with Crippen molar-refractivity contribution in [1.29, 1.82) is 0 Å². The number of hydrogen-bond acceptors (Lipinski definition) is 4. The van der Waals surface area contributed by atoms with Gasteiger partial charge in [-0.3, -0.25) is 20.5 Å². The number of nitrogens with zero attached hydrogens (tertiary/aromatic N) is 2. The van der Waals surface area contributed by atoms with E-state index in [4.69, 9.17) is 35.4 Å². The molecule has 0 radical (unpaired) electrons. The normalized spacial score (nSPS) is 11.0. The molecule has 0 aliphatic rings. The van der Waals surface area contributed by atoms with Gasteiger partial charge in [-0.05, 0) is 42.5 Å². The number of anilines is 2. The first-order valence-corrected chi connectivity index (χ1v) is 8.27. The number of nitrogens with one attached hydrogen (secondary N) is 2. The van der Waals surface area contributed by atoms with Gasteiger partial charge in [0.25, 0.3) is 5.69 Å². The topological polar surface area (TPSA) is 70.4 Å². The van der Waals surface area contributed by atoms with E-state index in [-0.39, 0.29) is 10.8 Å². The van der Waals surface area contributed by atoms with Gasteiger partial charge in [-0.2, -0.15) is 13.2 Å². The van der Waals surface area contributed by atoms with Crippen LogP contribution in [0.1, 0.15) is 5.56 Å². The van der Waals surface area contributed by atoms with Crippen LogP contribution < -0.4 is 15.8 Å². The fourth-order valence-corrected chi connectivity index (χ4v) is 2.67. The molecule has 144 valence electrons. The third-order valence-electron chi connectivity index (χ3n) is 3.31. The average molecular weight is 439 g/mol. The smallest absolute Gasteiger partial charge is 0.330 e. The Kier molecular flexibility index (Phi) is 6.34. The lowest BCUT2D eigenvalue weighted by Gasteiger charge is -2.23. The monoisotopic (exact) mass is 438 g/mol. The van der Waals surface area contributed by atoms with E-state index in [0.29, 0.717) is 21.8 Å². The number of hydrazine groups is 1. The molecule has 27 heavy (non-hydrogen) atoms. The zero-order chi connectivity index (χ0) is 20.4. The molecule has 2 aromatic carbocycles. The standard InChI is InChI=1S/C15H11Cl2F3N4O2S/c1-23(22-14(27)21-11-7-9(16)3-4-10(11)17)12-5-2-8(15(18,19)20)6-13(12)24(25)26/h2-7H,1H3,(H2,21,22,27). The Bertz CT molecular complexity index is 896. The predicted molar refractivity (Wildman–Crippen MR) is 102 cm³/mol. The van der Waals surface area contributed by atoms with Crippen LogP contribution in [-0.2, 0) is 6.18 Å². The van der Waals surface area contributed by atoms with Gasteiger partial charge in [0.15, 0.2) is 5.11 Å². The predicted octanol–water partition coefficient (Wildman–Crippen LogP) is 5.26. The minimum Gasteiger partial charge on any atom is -0.330 e. The molecule has 2 aromatic rings. The van der Waals surface area contributed by atoms with Gasteiger partial charge >= 0.3 is 6.18 Å². The maximum Gasteiger partial charge on any atom is 0.416 e. The molecule has 0 saturated heterocycles. The van der Waals surface area contributed by atoms with E-state index >= 15 is 0 Å². The summed E-state index contributed by atoms with van der Waals surface area (Å²) in [5.74, 6) is 0. The van der Waals surface area contributed by atoms with Crippen LogP contribution in [0.2, 0.25) is 10.0 Å². The number of hydrogen-bond donors (Lipinski definition) is 2. The van der Waals surface area contributed by atoms with Crippen molar-refractivity contribution in [3.8, 4) is 0 Å². The Morgan fingerprint density at radius 1 is 1.22 bits per heavy atom. The van der Waals surface area contributed by atoms with E-state index in [2.05, 4.69) is 10.7 Å². The average Bonchev–Trinajstić information content (AvgIpc) is 2.56. The van der Waals surface area contributed by atoms with Crippen LogP contribution in [0, 0.1) is 10.1 Å². The van der Waals surface area contributed by atoms with E-state index in [1.165, 1.54) is 13.1 Å². The van der Waals surface area contributed by atoms with E-state index in [0.717, 1.165) is 17.1 Å². The quantitative estimate of drug-likeness (QED) is 0.385. The molecular formula is C15H11Cl2F3N4O2S. The summed E-state index contributed by atoms with van der Waals surface area (Å²) < 4.78 is 38.3. The van der Waals surface area contributed by atoms with Crippen LogP contribution in [0.4, 0.5) is 30.2 Å². The van der Waals surface area contributed by atoms with E-state index in [1.54, 1.807) is 12.1 Å². The lowest BCUT2D eigenvalue weighted by atomic mass is 10.1. The summed E-state index contributed by atoms with van der Waals surface area (Å²) in [6.07, 6.45) is -4.70. The Morgan fingerprint density at radius 3 is 2.48 bits per heavy atom. The van der Waals surface area contributed by atoms with Crippen molar-refractivity contribution in [3.63, 3.8) is 0 Å². The van der Waals surface area contributed by atoms with Gasteiger partial charge in [0.05, 0.1) is 21.2 Å². The highest BCUT2D eigenvalue weighted by Crippen LogP contribution is 2.35. The summed E-state index contributed by atoms with van der Waals surface area (Å²) >= 11 is 17.0. The maximum atomic E-state index is 12.8. The van der Waals surface area contributed by atoms with Gasteiger partial charge in [-0.15, -0.1) is 0 Å². The summed E-state index contributed by atoms with van der Waals surface area (Å²) in [5, 5.41) is 15.8. The molecule has 0 heterocycles. The summed E-state index contributed by atoms with van der Waals surface area (Å²) in [6.45, 7) is 0. The number of nitro groups is 1. The fraction of sp³-hybridized carbons (Fsp3) is 0.133. The molecule has 0 fully saturated rings. The number of thiocarbonyl (C=S) groups is 1. The van der Waals surface area contributed by atoms with Crippen LogP contribution in [0.3, 0.4) is 0 Å². The highest BCUT2D eigenvalue weighted by atomic mass is 35.5. The molecule has 0 bridgehead atoms. The SMILES string of the molecule is CN(NC(=S)Nc1cc(Cl)ccc1Cl)c1ccc(C(F)(F)F)cc1[N+](=O)[O-]. The van der Waals surface area contributed by atoms with Gasteiger partial charge in [0.1, 0.15) is 5.69 Å². The van der Waals surface area contributed by atoms with Gasteiger partial charge in [-0.25, -0.2) is 0 Å². The van der Waals surface area contributed by atoms with Crippen molar-refractivity contribution in [1.82, 2.24) is 5.43 Å². The Labute approximate surface area is 167 Å². The second-order valence-corrected chi connectivity index (χ2v) is 6.46. The Hall–Kier alpha value is -2.30. The summed E-state index contributed by atoms with van der Waals surface area (Å²) in [5.41, 5.74) is 1.02. The van der Waals surface area contributed by atoms with E-state index in [1.807, 2.05) is 0 Å². The largest absolute Gasteiger partial charge is 0.416 e. The third-order valence-corrected chi connectivity index (χ3v) is 4.06. The highest BCUT2D eigenvalue weighted by molar-refractivity contribution is 7.80. The van der Waals surface area contributed by atoms with Crippen molar-refractivity contribution < 1.29 is 18.1 Å². The zero-order valence-electron chi connectivity index (χ0n) is 13.5. The zero-order valence-corrected chi connectivity index (χ0v) is 15.8. The molecule has 6 nitrogen and oxygen atoms in total. The minimum atomic E-state index is -4.70. The molecule has 0 saturated carbocycles. The fourth-order valence-electron chi connectivity index (χ4n) is 2.09. The second kappa shape index (κ2) is 8.15. The molecule has 2 N–H and O–H groups in total.